The summed E-state index contributed by atoms with van der Waals surface area (Å²) >= 11 is 0. The molecule has 0 amide bonds. The van der Waals surface area contributed by atoms with E-state index in [2.05, 4.69) is 0 Å². The van der Waals surface area contributed by atoms with Crippen molar-refractivity contribution in [1.29, 1.82) is 5.26 Å². The molecule has 2 aromatic rings. The van der Waals surface area contributed by atoms with E-state index in [0.29, 0.717) is 12.1 Å². The van der Waals surface area contributed by atoms with Gasteiger partial charge < -0.3 is 9.84 Å². The first-order valence-corrected chi connectivity index (χ1v) is 5.41. The molecule has 0 aliphatic carbocycles. The molecule has 0 atom stereocenters. The van der Waals surface area contributed by atoms with Gasteiger partial charge in [0.15, 0.2) is 17.4 Å². The Morgan fingerprint density at radius 3 is 2.40 bits per heavy atom. The molecular formula is C14H7F2NO3. The number of aromatic carboxylic acids is 1. The van der Waals surface area contributed by atoms with E-state index >= 15 is 0 Å². The van der Waals surface area contributed by atoms with Gasteiger partial charge in [0.25, 0.3) is 0 Å². The van der Waals surface area contributed by atoms with Gasteiger partial charge in [-0.15, -0.1) is 0 Å². The van der Waals surface area contributed by atoms with Crippen molar-refractivity contribution in [1.82, 2.24) is 0 Å². The summed E-state index contributed by atoms with van der Waals surface area (Å²) in [6.45, 7) is 0. The van der Waals surface area contributed by atoms with Gasteiger partial charge in [-0.25, -0.2) is 13.6 Å². The highest BCUT2D eigenvalue weighted by Crippen LogP contribution is 2.29. The molecule has 0 unspecified atom stereocenters. The van der Waals surface area contributed by atoms with Gasteiger partial charge in [-0.05, 0) is 30.3 Å². The van der Waals surface area contributed by atoms with Crippen LogP contribution >= 0.6 is 0 Å². The van der Waals surface area contributed by atoms with Gasteiger partial charge in [-0.3, -0.25) is 0 Å². The van der Waals surface area contributed by atoms with E-state index in [0.717, 1.165) is 0 Å². The number of rotatable bonds is 3. The molecule has 20 heavy (non-hydrogen) atoms. The Kier molecular flexibility index (Phi) is 3.62. The van der Waals surface area contributed by atoms with Crippen molar-refractivity contribution in [2.24, 2.45) is 0 Å². The summed E-state index contributed by atoms with van der Waals surface area (Å²) in [4.78, 5) is 10.6. The lowest BCUT2D eigenvalue weighted by atomic mass is 10.2. The monoisotopic (exact) mass is 275 g/mol. The first kappa shape index (κ1) is 13.5. The third-order valence-electron chi connectivity index (χ3n) is 2.43. The predicted octanol–water partition coefficient (Wildman–Crippen LogP) is 3.33. The van der Waals surface area contributed by atoms with Crippen molar-refractivity contribution in [3.05, 3.63) is 59.2 Å². The smallest absolute Gasteiger partial charge is 0.335 e. The number of hydrogen-bond donors (Lipinski definition) is 1. The standard InChI is InChI=1S/C14H7F2NO3/c15-11-5-9(14(18)19)6-12(16)13(11)20-10-3-1-2-8(4-10)7-17/h1-6H,(H,18,19). The number of carboxylic acids is 1. The zero-order chi connectivity index (χ0) is 14.7. The number of hydrogen-bond acceptors (Lipinski definition) is 3. The van der Waals surface area contributed by atoms with Crippen molar-refractivity contribution in [3.8, 4) is 17.6 Å². The minimum Gasteiger partial charge on any atom is -0.478 e. The first-order valence-electron chi connectivity index (χ1n) is 5.41. The maximum atomic E-state index is 13.6. The van der Waals surface area contributed by atoms with Crippen molar-refractivity contribution in [2.75, 3.05) is 0 Å². The van der Waals surface area contributed by atoms with Crippen LogP contribution in [0.1, 0.15) is 15.9 Å². The minimum absolute atomic E-state index is 0.0740. The Morgan fingerprint density at radius 2 is 1.85 bits per heavy atom. The number of halogens is 2. The molecule has 0 aliphatic rings. The van der Waals surface area contributed by atoms with Gasteiger partial charge in [0.05, 0.1) is 17.2 Å². The summed E-state index contributed by atoms with van der Waals surface area (Å²) in [5.41, 5.74) is -0.247. The Bertz CT molecular complexity index is 700. The maximum absolute atomic E-state index is 13.6. The number of ether oxygens (including phenoxy) is 1. The molecule has 2 rings (SSSR count). The van der Waals surface area contributed by atoms with E-state index < -0.39 is 28.9 Å². The lowest BCUT2D eigenvalue weighted by Gasteiger charge is -2.08. The average Bonchev–Trinajstić information content (AvgIpc) is 2.42. The van der Waals surface area contributed by atoms with Crippen molar-refractivity contribution in [3.63, 3.8) is 0 Å². The summed E-state index contributed by atoms with van der Waals surface area (Å²) in [7, 11) is 0. The van der Waals surface area contributed by atoms with Crippen LogP contribution in [0, 0.1) is 23.0 Å². The third-order valence-corrected chi connectivity index (χ3v) is 2.43. The van der Waals surface area contributed by atoms with Gasteiger partial charge >= 0.3 is 5.97 Å². The topological polar surface area (TPSA) is 70.3 Å². The zero-order valence-corrected chi connectivity index (χ0v) is 9.93. The van der Waals surface area contributed by atoms with E-state index in [1.54, 1.807) is 0 Å². The second-order valence-corrected chi connectivity index (χ2v) is 3.82. The highest BCUT2D eigenvalue weighted by Gasteiger charge is 2.16. The van der Waals surface area contributed by atoms with Crippen LogP contribution in [-0.2, 0) is 0 Å². The highest BCUT2D eigenvalue weighted by atomic mass is 19.1. The first-order chi connectivity index (χ1) is 9.51. The predicted molar refractivity (Wildman–Crippen MR) is 64.5 cm³/mol. The Morgan fingerprint density at radius 1 is 1.20 bits per heavy atom. The average molecular weight is 275 g/mol. The molecule has 0 fully saturated rings. The Hall–Kier alpha value is -2.94. The number of nitrogens with zero attached hydrogens (tertiary/aromatic N) is 1. The molecule has 0 radical (unpaired) electrons. The summed E-state index contributed by atoms with van der Waals surface area (Å²) < 4.78 is 32.3. The third kappa shape index (κ3) is 2.72. The molecular weight excluding hydrogens is 268 g/mol. The minimum atomic E-state index is -1.44. The Balaban J connectivity index is 2.39. The SMILES string of the molecule is N#Cc1cccc(Oc2c(F)cc(C(=O)O)cc2F)c1. The fourth-order valence-corrected chi connectivity index (χ4v) is 1.53. The van der Waals surface area contributed by atoms with Crippen molar-refractivity contribution >= 4 is 5.97 Å². The van der Waals surface area contributed by atoms with E-state index in [1.807, 2.05) is 6.07 Å². The number of nitriles is 1. The van der Waals surface area contributed by atoms with E-state index in [-0.39, 0.29) is 11.3 Å². The van der Waals surface area contributed by atoms with E-state index in [4.69, 9.17) is 15.1 Å². The maximum Gasteiger partial charge on any atom is 0.335 e. The van der Waals surface area contributed by atoms with Crippen LogP contribution < -0.4 is 4.74 Å². The quantitative estimate of drug-likeness (QED) is 0.932. The van der Waals surface area contributed by atoms with Crippen LogP contribution in [0.3, 0.4) is 0 Å². The van der Waals surface area contributed by atoms with Gasteiger partial charge in [0, 0.05) is 0 Å². The Labute approximate surface area is 112 Å². The molecule has 2 aromatic carbocycles. The van der Waals surface area contributed by atoms with Crippen LogP contribution in [0.25, 0.3) is 0 Å². The molecule has 0 bridgehead atoms. The molecule has 4 nitrogen and oxygen atoms in total. The van der Waals surface area contributed by atoms with Crippen molar-refractivity contribution < 1.29 is 23.4 Å². The fraction of sp³-hybridized carbons (Fsp3) is 0. The second-order valence-electron chi connectivity index (χ2n) is 3.82. The lowest BCUT2D eigenvalue weighted by Crippen LogP contribution is -2.01. The molecule has 0 spiro atoms. The van der Waals surface area contributed by atoms with Crippen molar-refractivity contribution in [2.45, 2.75) is 0 Å². The molecule has 0 aromatic heterocycles. The van der Waals surface area contributed by atoms with Crippen LogP contribution in [-0.4, -0.2) is 11.1 Å². The summed E-state index contributed by atoms with van der Waals surface area (Å²) in [6.07, 6.45) is 0. The molecule has 1 N–H and O–H groups in total. The summed E-state index contributed by atoms with van der Waals surface area (Å²) in [5, 5.41) is 17.4. The molecule has 0 saturated carbocycles. The van der Waals surface area contributed by atoms with Crippen LogP contribution in [0.4, 0.5) is 8.78 Å². The van der Waals surface area contributed by atoms with Crippen LogP contribution in [0.15, 0.2) is 36.4 Å². The number of carbonyl (C=O) groups is 1. The number of benzene rings is 2. The molecule has 100 valence electrons. The molecule has 0 heterocycles. The summed E-state index contributed by atoms with van der Waals surface area (Å²) in [6, 6.07) is 8.92. The second kappa shape index (κ2) is 5.36. The lowest BCUT2D eigenvalue weighted by molar-refractivity contribution is 0.0695. The fourth-order valence-electron chi connectivity index (χ4n) is 1.53. The van der Waals surface area contributed by atoms with Gasteiger partial charge in [0.1, 0.15) is 5.75 Å². The van der Waals surface area contributed by atoms with Crippen LogP contribution in [0.5, 0.6) is 11.5 Å². The van der Waals surface area contributed by atoms with Gasteiger partial charge in [-0.2, -0.15) is 5.26 Å². The number of carboxylic acid groups (broad SMARTS) is 1. The zero-order valence-electron chi connectivity index (χ0n) is 9.93. The molecule has 0 aliphatic heterocycles. The molecule has 6 heteroatoms. The summed E-state index contributed by atoms with van der Waals surface area (Å²) in [5.74, 6) is -4.36. The van der Waals surface area contributed by atoms with Gasteiger partial charge in [-0.1, -0.05) is 6.07 Å². The molecule has 0 saturated heterocycles. The normalized spacial score (nSPS) is 9.85. The van der Waals surface area contributed by atoms with Crippen LogP contribution in [0.2, 0.25) is 0 Å². The largest absolute Gasteiger partial charge is 0.478 e. The highest BCUT2D eigenvalue weighted by molar-refractivity contribution is 5.87. The van der Waals surface area contributed by atoms with E-state index in [9.17, 15) is 13.6 Å². The van der Waals surface area contributed by atoms with E-state index in [1.165, 1.54) is 24.3 Å². The van der Waals surface area contributed by atoms with Gasteiger partial charge in [0.2, 0.25) is 0 Å².